The van der Waals surface area contributed by atoms with E-state index in [9.17, 15) is 9.90 Å². The van der Waals surface area contributed by atoms with E-state index >= 15 is 0 Å². The molecule has 0 aliphatic heterocycles. The number of amides is 1. The van der Waals surface area contributed by atoms with Crippen molar-refractivity contribution in [3.63, 3.8) is 0 Å². The number of halogens is 1. The maximum Gasteiger partial charge on any atom is 0.253 e. The van der Waals surface area contributed by atoms with Crippen molar-refractivity contribution in [3.8, 4) is 5.75 Å². The molecule has 2 unspecified atom stereocenters. The van der Waals surface area contributed by atoms with Crippen LogP contribution in [0.15, 0.2) is 18.2 Å². The molecule has 1 amide bonds. The van der Waals surface area contributed by atoms with Gasteiger partial charge in [0.2, 0.25) is 0 Å². The van der Waals surface area contributed by atoms with Crippen LogP contribution in [0.4, 0.5) is 0 Å². The molecule has 2 rings (SSSR count). The van der Waals surface area contributed by atoms with Gasteiger partial charge in [0.25, 0.3) is 5.91 Å². The van der Waals surface area contributed by atoms with Crippen LogP contribution in [0.25, 0.3) is 0 Å². The van der Waals surface area contributed by atoms with Crippen LogP contribution in [0.3, 0.4) is 0 Å². The van der Waals surface area contributed by atoms with E-state index in [0.29, 0.717) is 5.02 Å². The van der Waals surface area contributed by atoms with E-state index in [2.05, 4.69) is 5.32 Å². The molecule has 1 aliphatic carbocycles. The van der Waals surface area contributed by atoms with Crippen molar-refractivity contribution in [2.75, 3.05) is 0 Å². The number of benzene rings is 1. The van der Waals surface area contributed by atoms with Gasteiger partial charge in [0.05, 0.1) is 10.6 Å². The van der Waals surface area contributed by atoms with Gasteiger partial charge in [0, 0.05) is 12.1 Å². The minimum atomic E-state index is -0.284. The Bertz CT molecular complexity index is 437. The summed E-state index contributed by atoms with van der Waals surface area (Å²) < 4.78 is 0. The van der Waals surface area contributed by atoms with Gasteiger partial charge in [0.1, 0.15) is 5.75 Å². The van der Waals surface area contributed by atoms with Crippen molar-refractivity contribution in [1.82, 2.24) is 5.32 Å². The molecule has 1 aromatic rings. The molecule has 4 N–H and O–H groups in total. The van der Waals surface area contributed by atoms with E-state index in [-0.39, 0.29) is 29.3 Å². The summed E-state index contributed by atoms with van der Waals surface area (Å²) in [5, 5.41) is 12.5. The van der Waals surface area contributed by atoms with Gasteiger partial charge in [-0.3, -0.25) is 4.79 Å². The third kappa shape index (κ3) is 2.70. The van der Waals surface area contributed by atoms with E-state index in [0.717, 1.165) is 19.3 Å². The molecule has 92 valence electrons. The number of hydrogen-bond donors (Lipinski definition) is 3. The first kappa shape index (κ1) is 12.2. The minimum Gasteiger partial charge on any atom is -0.508 e. The zero-order valence-corrected chi connectivity index (χ0v) is 10.1. The van der Waals surface area contributed by atoms with E-state index in [1.807, 2.05) is 0 Å². The highest BCUT2D eigenvalue weighted by Crippen LogP contribution is 2.22. The molecule has 0 bridgehead atoms. The highest BCUT2D eigenvalue weighted by Gasteiger charge is 2.26. The molecule has 17 heavy (non-hydrogen) atoms. The zero-order chi connectivity index (χ0) is 12.4. The Balaban J connectivity index is 2.11. The third-order valence-corrected chi connectivity index (χ3v) is 3.41. The Morgan fingerprint density at radius 3 is 2.88 bits per heavy atom. The predicted octanol–water partition coefficient (Wildman–Crippen LogP) is 1.66. The molecule has 5 heteroatoms. The maximum absolute atomic E-state index is 12.0. The topological polar surface area (TPSA) is 75.3 Å². The first-order valence-corrected chi connectivity index (χ1v) is 6.00. The van der Waals surface area contributed by atoms with Crippen molar-refractivity contribution in [3.05, 3.63) is 28.8 Å². The van der Waals surface area contributed by atoms with Gasteiger partial charge >= 0.3 is 0 Å². The largest absolute Gasteiger partial charge is 0.508 e. The molecule has 0 heterocycles. The summed E-state index contributed by atoms with van der Waals surface area (Å²) in [4.78, 5) is 12.0. The second kappa shape index (κ2) is 4.94. The smallest absolute Gasteiger partial charge is 0.253 e. The molecule has 0 radical (unpaired) electrons. The quantitative estimate of drug-likeness (QED) is 0.751. The number of nitrogens with two attached hydrogens (primary N) is 1. The summed E-state index contributed by atoms with van der Waals surface area (Å²) in [5.74, 6) is -0.261. The highest BCUT2D eigenvalue weighted by atomic mass is 35.5. The summed E-state index contributed by atoms with van der Waals surface area (Å²) in [5.41, 5.74) is 6.16. The molecule has 0 spiro atoms. The van der Waals surface area contributed by atoms with Gasteiger partial charge in [-0.1, -0.05) is 11.6 Å². The number of hydrogen-bond acceptors (Lipinski definition) is 3. The van der Waals surface area contributed by atoms with Crippen LogP contribution in [-0.2, 0) is 0 Å². The van der Waals surface area contributed by atoms with Crippen LogP contribution in [0.1, 0.15) is 29.6 Å². The van der Waals surface area contributed by atoms with Crippen molar-refractivity contribution in [1.29, 1.82) is 0 Å². The van der Waals surface area contributed by atoms with E-state index in [4.69, 9.17) is 17.3 Å². The molecule has 1 fully saturated rings. The van der Waals surface area contributed by atoms with Crippen molar-refractivity contribution >= 4 is 17.5 Å². The molecule has 0 aromatic heterocycles. The molecular formula is C12H15ClN2O2. The predicted molar refractivity (Wildman–Crippen MR) is 66.2 cm³/mol. The first-order chi connectivity index (χ1) is 8.08. The fourth-order valence-corrected chi connectivity index (χ4v) is 2.30. The summed E-state index contributed by atoms with van der Waals surface area (Å²) in [6.45, 7) is 0. The Hall–Kier alpha value is -1.26. The first-order valence-electron chi connectivity index (χ1n) is 5.63. The lowest BCUT2D eigenvalue weighted by molar-refractivity contribution is 0.0934. The average Bonchev–Trinajstić information content (AvgIpc) is 2.68. The number of phenolic OH excluding ortho intramolecular Hbond substituents is 1. The lowest BCUT2D eigenvalue weighted by atomic mass is 10.1. The summed E-state index contributed by atoms with van der Waals surface area (Å²) in [7, 11) is 0. The lowest BCUT2D eigenvalue weighted by Gasteiger charge is -2.17. The number of nitrogens with one attached hydrogen (secondary N) is 1. The Morgan fingerprint density at radius 1 is 1.47 bits per heavy atom. The van der Waals surface area contributed by atoms with Crippen LogP contribution in [0.2, 0.25) is 5.02 Å². The SMILES string of the molecule is NC1CCCC1NC(=O)c1cc(O)ccc1Cl. The lowest BCUT2D eigenvalue weighted by Crippen LogP contribution is -2.44. The number of carbonyl (C=O) groups excluding carboxylic acids is 1. The van der Waals surface area contributed by atoms with Gasteiger partial charge < -0.3 is 16.2 Å². The molecule has 0 saturated heterocycles. The van der Waals surface area contributed by atoms with Crippen molar-refractivity contribution in [2.45, 2.75) is 31.3 Å². The summed E-state index contributed by atoms with van der Waals surface area (Å²) in [6.07, 6.45) is 2.85. The monoisotopic (exact) mass is 254 g/mol. The fraction of sp³-hybridized carbons (Fsp3) is 0.417. The number of aromatic hydroxyl groups is 1. The molecule has 4 nitrogen and oxygen atoms in total. The summed E-state index contributed by atoms with van der Waals surface area (Å²) >= 11 is 5.91. The third-order valence-electron chi connectivity index (χ3n) is 3.08. The van der Waals surface area contributed by atoms with Gasteiger partial charge in [-0.05, 0) is 37.5 Å². The number of rotatable bonds is 2. The van der Waals surface area contributed by atoms with Crippen LogP contribution in [-0.4, -0.2) is 23.1 Å². The Labute approximate surface area is 105 Å². The number of phenols is 1. The Kier molecular flexibility index (Phi) is 3.54. The van der Waals surface area contributed by atoms with Crippen LogP contribution in [0, 0.1) is 0 Å². The summed E-state index contributed by atoms with van der Waals surface area (Å²) in [6, 6.07) is 4.31. The Morgan fingerprint density at radius 2 is 2.24 bits per heavy atom. The molecule has 2 atom stereocenters. The maximum atomic E-state index is 12.0. The molecule has 1 saturated carbocycles. The minimum absolute atomic E-state index is 0.000848. The molecule has 1 aromatic carbocycles. The molecule has 1 aliphatic rings. The zero-order valence-electron chi connectivity index (χ0n) is 9.32. The van der Waals surface area contributed by atoms with Gasteiger partial charge in [-0.2, -0.15) is 0 Å². The van der Waals surface area contributed by atoms with Crippen LogP contribution >= 0.6 is 11.6 Å². The van der Waals surface area contributed by atoms with Gasteiger partial charge in [0.15, 0.2) is 0 Å². The second-order valence-corrected chi connectivity index (χ2v) is 4.75. The standard InChI is InChI=1S/C12H15ClN2O2/c13-9-5-4-7(16)6-8(9)12(17)15-11-3-1-2-10(11)14/h4-6,10-11,16H,1-3,14H2,(H,15,17). The van der Waals surface area contributed by atoms with Crippen molar-refractivity contribution < 1.29 is 9.90 Å². The van der Waals surface area contributed by atoms with Crippen LogP contribution < -0.4 is 11.1 Å². The van der Waals surface area contributed by atoms with Gasteiger partial charge in [-0.15, -0.1) is 0 Å². The second-order valence-electron chi connectivity index (χ2n) is 4.34. The normalized spacial score (nSPS) is 23.6. The van der Waals surface area contributed by atoms with Crippen molar-refractivity contribution in [2.24, 2.45) is 5.73 Å². The highest BCUT2D eigenvalue weighted by molar-refractivity contribution is 6.33. The van der Waals surface area contributed by atoms with Crippen LogP contribution in [0.5, 0.6) is 5.75 Å². The number of carbonyl (C=O) groups is 1. The average molecular weight is 255 g/mol. The van der Waals surface area contributed by atoms with E-state index < -0.39 is 0 Å². The fourth-order valence-electron chi connectivity index (χ4n) is 2.10. The molecular weight excluding hydrogens is 240 g/mol. The van der Waals surface area contributed by atoms with E-state index in [1.54, 1.807) is 0 Å². The van der Waals surface area contributed by atoms with E-state index in [1.165, 1.54) is 18.2 Å². The van der Waals surface area contributed by atoms with Gasteiger partial charge in [-0.25, -0.2) is 0 Å².